The summed E-state index contributed by atoms with van der Waals surface area (Å²) in [6.07, 6.45) is 4.54. The van der Waals surface area contributed by atoms with Gasteiger partial charge in [-0.3, -0.25) is 0 Å². The number of rotatable bonds is 8. The number of nitrogens with one attached hydrogen (secondary N) is 1. The van der Waals surface area contributed by atoms with Gasteiger partial charge in [-0.25, -0.2) is 8.42 Å². The highest BCUT2D eigenvalue weighted by atomic mass is 32.2. The number of nitrogens with two attached hydrogens (primary N) is 1. The molecule has 1 aromatic carbocycles. The van der Waals surface area contributed by atoms with Gasteiger partial charge in [-0.2, -0.15) is 0 Å². The van der Waals surface area contributed by atoms with E-state index in [1.807, 2.05) is 12.1 Å². The first kappa shape index (κ1) is 16.0. The third-order valence-corrected chi connectivity index (χ3v) is 4.28. The van der Waals surface area contributed by atoms with E-state index in [1.54, 1.807) is 12.1 Å². The predicted octanol–water partition coefficient (Wildman–Crippen LogP) is 2.27. The van der Waals surface area contributed by atoms with Crippen LogP contribution < -0.4 is 11.1 Å². The molecule has 0 spiro atoms. The van der Waals surface area contributed by atoms with E-state index < -0.39 is 9.84 Å². The van der Waals surface area contributed by atoms with E-state index in [1.165, 1.54) is 6.26 Å². The first-order valence-corrected chi connectivity index (χ1v) is 8.60. The molecule has 1 atom stereocenters. The van der Waals surface area contributed by atoms with Crippen LogP contribution in [0.25, 0.3) is 0 Å². The minimum Gasteiger partial charge on any atom is -0.385 e. The van der Waals surface area contributed by atoms with Gasteiger partial charge < -0.3 is 11.1 Å². The van der Waals surface area contributed by atoms with E-state index in [0.717, 1.165) is 31.5 Å². The van der Waals surface area contributed by atoms with Crippen molar-refractivity contribution < 1.29 is 8.42 Å². The summed E-state index contributed by atoms with van der Waals surface area (Å²) in [6, 6.07) is 6.88. The first-order chi connectivity index (χ1) is 8.97. The summed E-state index contributed by atoms with van der Waals surface area (Å²) < 4.78 is 22.7. The molecule has 0 saturated carbocycles. The molecule has 0 fully saturated rings. The van der Waals surface area contributed by atoms with Gasteiger partial charge in [0.1, 0.15) is 0 Å². The zero-order valence-electron chi connectivity index (χ0n) is 11.7. The number of sulfone groups is 1. The average Bonchev–Trinajstić information content (AvgIpc) is 2.36. The zero-order valence-corrected chi connectivity index (χ0v) is 12.5. The molecule has 19 heavy (non-hydrogen) atoms. The van der Waals surface area contributed by atoms with Crippen LogP contribution in [-0.4, -0.2) is 27.8 Å². The van der Waals surface area contributed by atoms with Gasteiger partial charge in [0.2, 0.25) is 0 Å². The van der Waals surface area contributed by atoms with Crippen molar-refractivity contribution in [1.29, 1.82) is 0 Å². The van der Waals surface area contributed by atoms with Crippen molar-refractivity contribution in [3.63, 3.8) is 0 Å². The lowest BCUT2D eigenvalue weighted by Gasteiger charge is -2.16. The van der Waals surface area contributed by atoms with Crippen molar-refractivity contribution in [2.24, 2.45) is 11.7 Å². The molecular formula is C14H24N2O2S. The molecule has 0 amide bonds. The SMILES string of the molecule is CCCC(CCN)CNc1ccc(S(C)(=O)=O)cc1. The molecule has 0 aromatic heterocycles. The van der Waals surface area contributed by atoms with Crippen molar-refractivity contribution in [2.75, 3.05) is 24.7 Å². The van der Waals surface area contributed by atoms with Gasteiger partial charge in [0, 0.05) is 18.5 Å². The van der Waals surface area contributed by atoms with Crippen LogP contribution in [0, 0.1) is 5.92 Å². The van der Waals surface area contributed by atoms with Crippen LogP contribution in [0.4, 0.5) is 5.69 Å². The summed E-state index contributed by atoms with van der Waals surface area (Å²) in [5, 5.41) is 3.34. The fourth-order valence-corrected chi connectivity index (χ4v) is 2.71. The number of benzene rings is 1. The standard InChI is InChI=1S/C14H24N2O2S/c1-3-4-12(9-10-15)11-16-13-5-7-14(8-6-13)19(2,17)18/h5-8,12,16H,3-4,9-11,15H2,1-2H3. The van der Waals surface area contributed by atoms with Gasteiger partial charge in [-0.05, 0) is 49.6 Å². The highest BCUT2D eigenvalue weighted by Gasteiger charge is 2.08. The van der Waals surface area contributed by atoms with Crippen LogP contribution in [0.5, 0.6) is 0 Å². The van der Waals surface area contributed by atoms with E-state index >= 15 is 0 Å². The Bertz CT molecular complexity index is 463. The Morgan fingerprint density at radius 3 is 2.32 bits per heavy atom. The molecule has 108 valence electrons. The second kappa shape index (κ2) is 7.50. The molecule has 0 bridgehead atoms. The Morgan fingerprint density at radius 1 is 1.21 bits per heavy atom. The van der Waals surface area contributed by atoms with Crippen molar-refractivity contribution in [2.45, 2.75) is 31.1 Å². The molecule has 0 saturated heterocycles. The van der Waals surface area contributed by atoms with Gasteiger partial charge in [0.05, 0.1) is 4.90 Å². The fraction of sp³-hybridized carbons (Fsp3) is 0.571. The Morgan fingerprint density at radius 2 is 1.84 bits per heavy atom. The smallest absolute Gasteiger partial charge is 0.175 e. The van der Waals surface area contributed by atoms with E-state index in [4.69, 9.17) is 5.73 Å². The summed E-state index contributed by atoms with van der Waals surface area (Å²) in [7, 11) is -3.11. The van der Waals surface area contributed by atoms with Gasteiger partial charge in [-0.1, -0.05) is 13.3 Å². The maximum Gasteiger partial charge on any atom is 0.175 e. The molecule has 0 aliphatic heterocycles. The van der Waals surface area contributed by atoms with Crippen LogP contribution in [0.2, 0.25) is 0 Å². The van der Waals surface area contributed by atoms with Crippen LogP contribution >= 0.6 is 0 Å². The summed E-state index contributed by atoms with van der Waals surface area (Å²) >= 11 is 0. The van der Waals surface area contributed by atoms with E-state index in [0.29, 0.717) is 17.4 Å². The third-order valence-electron chi connectivity index (χ3n) is 3.15. The highest BCUT2D eigenvalue weighted by Crippen LogP contribution is 2.16. The zero-order chi connectivity index (χ0) is 14.3. The number of hydrogen-bond acceptors (Lipinski definition) is 4. The quantitative estimate of drug-likeness (QED) is 0.768. The summed E-state index contributed by atoms with van der Waals surface area (Å²) in [4.78, 5) is 0.352. The second-order valence-electron chi connectivity index (χ2n) is 4.91. The van der Waals surface area contributed by atoms with Crippen molar-refractivity contribution >= 4 is 15.5 Å². The lowest BCUT2D eigenvalue weighted by molar-refractivity contribution is 0.473. The summed E-state index contributed by atoms with van der Waals surface area (Å²) in [5.41, 5.74) is 6.55. The van der Waals surface area contributed by atoms with Gasteiger partial charge >= 0.3 is 0 Å². The van der Waals surface area contributed by atoms with E-state index in [9.17, 15) is 8.42 Å². The molecule has 1 unspecified atom stereocenters. The molecular weight excluding hydrogens is 260 g/mol. The molecule has 1 aromatic rings. The van der Waals surface area contributed by atoms with Crippen LogP contribution in [0.1, 0.15) is 26.2 Å². The van der Waals surface area contributed by atoms with Gasteiger partial charge in [0.25, 0.3) is 0 Å². The van der Waals surface area contributed by atoms with Crippen LogP contribution in [0.3, 0.4) is 0 Å². The lowest BCUT2D eigenvalue weighted by Crippen LogP contribution is -2.18. The molecule has 1 rings (SSSR count). The maximum absolute atomic E-state index is 11.3. The minimum absolute atomic E-state index is 0.352. The molecule has 0 aliphatic rings. The van der Waals surface area contributed by atoms with Crippen molar-refractivity contribution in [3.8, 4) is 0 Å². The lowest BCUT2D eigenvalue weighted by atomic mass is 10.00. The maximum atomic E-state index is 11.3. The van der Waals surface area contributed by atoms with Crippen molar-refractivity contribution in [1.82, 2.24) is 0 Å². The Labute approximate surface area is 116 Å². The Hall–Kier alpha value is -1.07. The molecule has 0 heterocycles. The second-order valence-corrected chi connectivity index (χ2v) is 6.93. The van der Waals surface area contributed by atoms with E-state index in [-0.39, 0.29) is 0 Å². The molecule has 0 aliphatic carbocycles. The van der Waals surface area contributed by atoms with Crippen LogP contribution in [0.15, 0.2) is 29.2 Å². The largest absolute Gasteiger partial charge is 0.385 e. The first-order valence-electron chi connectivity index (χ1n) is 6.71. The monoisotopic (exact) mass is 284 g/mol. The van der Waals surface area contributed by atoms with Crippen molar-refractivity contribution in [3.05, 3.63) is 24.3 Å². The fourth-order valence-electron chi connectivity index (χ4n) is 2.07. The third kappa shape index (κ3) is 5.61. The normalized spacial score (nSPS) is 13.2. The van der Waals surface area contributed by atoms with E-state index in [2.05, 4.69) is 12.2 Å². The Balaban J connectivity index is 2.58. The van der Waals surface area contributed by atoms with Crippen LogP contribution in [-0.2, 0) is 9.84 Å². The molecule has 3 N–H and O–H groups in total. The predicted molar refractivity (Wildman–Crippen MR) is 80.1 cm³/mol. The number of hydrogen-bond donors (Lipinski definition) is 2. The molecule has 0 radical (unpaired) electrons. The van der Waals surface area contributed by atoms with Gasteiger partial charge in [0.15, 0.2) is 9.84 Å². The topological polar surface area (TPSA) is 72.2 Å². The summed E-state index contributed by atoms with van der Waals surface area (Å²) in [6.45, 7) is 3.76. The Kier molecular flexibility index (Phi) is 6.31. The number of anilines is 1. The molecule has 5 heteroatoms. The highest BCUT2D eigenvalue weighted by molar-refractivity contribution is 7.90. The summed E-state index contributed by atoms with van der Waals surface area (Å²) in [5.74, 6) is 0.574. The molecule has 4 nitrogen and oxygen atoms in total. The van der Waals surface area contributed by atoms with Gasteiger partial charge in [-0.15, -0.1) is 0 Å². The average molecular weight is 284 g/mol. The minimum atomic E-state index is -3.11.